The van der Waals surface area contributed by atoms with Crippen LogP contribution in [0.3, 0.4) is 0 Å². The lowest BCUT2D eigenvalue weighted by molar-refractivity contribution is 0.105. The van der Waals surface area contributed by atoms with E-state index in [2.05, 4.69) is 18.7 Å². The van der Waals surface area contributed by atoms with Crippen LogP contribution in [0.4, 0.5) is 0 Å². The predicted molar refractivity (Wildman–Crippen MR) is 88.1 cm³/mol. The zero-order chi connectivity index (χ0) is 15.1. The minimum atomic E-state index is 0.0636. The van der Waals surface area contributed by atoms with E-state index >= 15 is 0 Å². The Morgan fingerprint density at radius 3 is 1.81 bits per heavy atom. The maximum Gasteiger partial charge on any atom is 0.195 e. The third-order valence-electron chi connectivity index (χ3n) is 3.49. The molecule has 108 valence electrons. The number of Topliss-reactive ketones (excluding diaryl/α,β-unsaturated/α-hetero) is 1. The topological polar surface area (TPSA) is 20.3 Å². The minimum Gasteiger partial charge on any atom is -0.377 e. The van der Waals surface area contributed by atoms with E-state index in [9.17, 15) is 4.79 Å². The number of ketones is 1. The molecule has 0 fully saturated rings. The van der Waals surface area contributed by atoms with Crippen molar-refractivity contribution in [3.05, 3.63) is 78.0 Å². The Hall–Kier alpha value is -2.35. The van der Waals surface area contributed by atoms with E-state index in [0.717, 1.165) is 29.8 Å². The molecule has 0 amide bonds. The maximum absolute atomic E-state index is 12.8. The molecule has 0 radical (unpaired) electrons. The van der Waals surface area contributed by atoms with Gasteiger partial charge in [-0.2, -0.15) is 0 Å². The smallest absolute Gasteiger partial charge is 0.195 e. The summed E-state index contributed by atoms with van der Waals surface area (Å²) in [5, 5.41) is 0. The molecular formula is C19H21NO. The molecule has 0 aliphatic rings. The quantitative estimate of drug-likeness (QED) is 0.582. The number of hydrogen-bond acceptors (Lipinski definition) is 2. The number of nitrogens with zero attached hydrogens (tertiary/aromatic N) is 1. The fourth-order valence-electron chi connectivity index (χ4n) is 2.22. The van der Waals surface area contributed by atoms with Crippen LogP contribution in [0, 0.1) is 0 Å². The zero-order valence-corrected chi connectivity index (χ0v) is 12.6. The average molecular weight is 279 g/mol. The summed E-state index contributed by atoms with van der Waals surface area (Å²) in [5.74, 6) is 0.0636. The van der Waals surface area contributed by atoms with Gasteiger partial charge in [0.1, 0.15) is 0 Å². The van der Waals surface area contributed by atoms with E-state index in [4.69, 9.17) is 0 Å². The van der Waals surface area contributed by atoms with Gasteiger partial charge in [-0.05, 0) is 19.4 Å². The second kappa shape index (κ2) is 7.44. The van der Waals surface area contributed by atoms with Crippen LogP contribution in [0.15, 0.2) is 66.9 Å². The van der Waals surface area contributed by atoms with Crippen LogP contribution in [0.25, 0.3) is 5.57 Å². The van der Waals surface area contributed by atoms with Gasteiger partial charge in [0, 0.05) is 30.4 Å². The Balaban J connectivity index is 2.44. The van der Waals surface area contributed by atoms with Crippen LogP contribution in [-0.2, 0) is 0 Å². The van der Waals surface area contributed by atoms with Gasteiger partial charge in [-0.1, -0.05) is 60.7 Å². The van der Waals surface area contributed by atoms with E-state index in [0.29, 0.717) is 0 Å². The van der Waals surface area contributed by atoms with Gasteiger partial charge in [0.05, 0.1) is 0 Å². The van der Waals surface area contributed by atoms with Gasteiger partial charge in [0.15, 0.2) is 5.78 Å². The van der Waals surface area contributed by atoms with Crippen LogP contribution in [0.1, 0.15) is 29.8 Å². The zero-order valence-electron chi connectivity index (χ0n) is 12.6. The molecule has 2 aromatic carbocycles. The number of carbonyl (C=O) groups excluding carboxylic acids is 1. The van der Waals surface area contributed by atoms with E-state index in [1.807, 2.05) is 66.9 Å². The van der Waals surface area contributed by atoms with Gasteiger partial charge < -0.3 is 4.90 Å². The molecule has 0 spiro atoms. The Kier molecular flexibility index (Phi) is 5.33. The molecule has 0 heterocycles. The number of hydrogen-bond donors (Lipinski definition) is 0. The predicted octanol–water partition coefficient (Wildman–Crippen LogP) is 4.25. The highest BCUT2D eigenvalue weighted by Gasteiger charge is 2.14. The third kappa shape index (κ3) is 3.82. The van der Waals surface area contributed by atoms with Crippen molar-refractivity contribution in [3.63, 3.8) is 0 Å². The third-order valence-corrected chi connectivity index (χ3v) is 3.49. The van der Waals surface area contributed by atoms with Crippen LogP contribution in [0.2, 0.25) is 0 Å². The molecule has 0 N–H and O–H groups in total. The summed E-state index contributed by atoms with van der Waals surface area (Å²) in [5.41, 5.74) is 2.42. The first-order valence-corrected chi connectivity index (χ1v) is 7.37. The highest BCUT2D eigenvalue weighted by Crippen LogP contribution is 2.20. The molecule has 0 unspecified atom stereocenters. The van der Waals surface area contributed by atoms with Crippen molar-refractivity contribution in [2.24, 2.45) is 0 Å². The number of benzene rings is 2. The van der Waals surface area contributed by atoms with Gasteiger partial charge in [-0.15, -0.1) is 0 Å². The highest BCUT2D eigenvalue weighted by molar-refractivity contribution is 6.28. The molecular weight excluding hydrogens is 258 g/mol. The SMILES string of the molecule is CCN(/C=C(/C(=O)c1ccccc1)c1ccccc1)CC. The lowest BCUT2D eigenvalue weighted by Crippen LogP contribution is -2.18. The first-order valence-electron chi connectivity index (χ1n) is 7.37. The van der Waals surface area contributed by atoms with Crippen LogP contribution in [-0.4, -0.2) is 23.8 Å². The summed E-state index contributed by atoms with van der Waals surface area (Å²) in [4.78, 5) is 15.0. The second-order valence-electron chi connectivity index (χ2n) is 4.83. The molecule has 0 aromatic heterocycles. The van der Waals surface area contributed by atoms with E-state index < -0.39 is 0 Å². The summed E-state index contributed by atoms with van der Waals surface area (Å²) in [6.45, 7) is 5.95. The van der Waals surface area contributed by atoms with Crippen molar-refractivity contribution in [1.29, 1.82) is 0 Å². The molecule has 0 saturated heterocycles. The summed E-state index contributed by atoms with van der Waals surface area (Å²) in [7, 11) is 0. The van der Waals surface area contributed by atoms with E-state index in [1.54, 1.807) is 0 Å². The molecule has 21 heavy (non-hydrogen) atoms. The monoisotopic (exact) mass is 279 g/mol. The van der Waals surface area contributed by atoms with Gasteiger partial charge in [0.2, 0.25) is 0 Å². The molecule has 0 bridgehead atoms. The lowest BCUT2D eigenvalue weighted by Gasteiger charge is -2.18. The molecule has 0 saturated carbocycles. The van der Waals surface area contributed by atoms with Gasteiger partial charge in [-0.3, -0.25) is 4.79 Å². The Labute approximate surface area is 126 Å². The van der Waals surface area contributed by atoms with Gasteiger partial charge in [-0.25, -0.2) is 0 Å². The van der Waals surface area contributed by atoms with Crippen LogP contribution in [0.5, 0.6) is 0 Å². The lowest BCUT2D eigenvalue weighted by atomic mass is 9.97. The Morgan fingerprint density at radius 1 is 0.857 bits per heavy atom. The number of carbonyl (C=O) groups is 1. The molecule has 2 heteroatoms. The largest absolute Gasteiger partial charge is 0.377 e. The van der Waals surface area contributed by atoms with Crippen molar-refractivity contribution in [3.8, 4) is 0 Å². The second-order valence-corrected chi connectivity index (χ2v) is 4.83. The van der Waals surface area contributed by atoms with E-state index in [-0.39, 0.29) is 5.78 Å². The normalized spacial score (nSPS) is 11.2. The standard InChI is InChI=1S/C19H21NO/c1-3-20(4-2)15-18(16-11-7-5-8-12-16)19(21)17-13-9-6-10-14-17/h5-15H,3-4H2,1-2H3/b18-15+. The average Bonchev–Trinajstić information content (AvgIpc) is 2.57. The van der Waals surface area contributed by atoms with Crippen molar-refractivity contribution in [2.45, 2.75) is 13.8 Å². The highest BCUT2D eigenvalue weighted by atomic mass is 16.1. The Bertz CT molecular complexity index is 598. The van der Waals surface area contributed by atoms with Gasteiger partial charge >= 0.3 is 0 Å². The first kappa shape index (κ1) is 15.0. The molecule has 2 aromatic rings. The fraction of sp³-hybridized carbons (Fsp3) is 0.211. The van der Waals surface area contributed by atoms with Crippen molar-refractivity contribution >= 4 is 11.4 Å². The first-order chi connectivity index (χ1) is 10.3. The van der Waals surface area contributed by atoms with Crippen molar-refractivity contribution < 1.29 is 4.79 Å². The molecule has 0 atom stereocenters. The molecule has 0 aliphatic carbocycles. The van der Waals surface area contributed by atoms with Crippen molar-refractivity contribution in [2.75, 3.05) is 13.1 Å². The minimum absolute atomic E-state index is 0.0636. The number of rotatable bonds is 6. The fourth-order valence-corrected chi connectivity index (χ4v) is 2.22. The summed E-state index contributed by atoms with van der Waals surface area (Å²) >= 11 is 0. The maximum atomic E-state index is 12.8. The summed E-state index contributed by atoms with van der Waals surface area (Å²) in [6, 6.07) is 19.3. The summed E-state index contributed by atoms with van der Waals surface area (Å²) in [6.07, 6.45) is 1.98. The van der Waals surface area contributed by atoms with Gasteiger partial charge in [0.25, 0.3) is 0 Å². The molecule has 2 nitrogen and oxygen atoms in total. The van der Waals surface area contributed by atoms with E-state index in [1.165, 1.54) is 0 Å². The van der Waals surface area contributed by atoms with Crippen LogP contribution >= 0.6 is 0 Å². The van der Waals surface area contributed by atoms with Crippen LogP contribution < -0.4 is 0 Å². The molecule has 2 rings (SSSR count). The number of allylic oxidation sites excluding steroid dienone is 1. The Morgan fingerprint density at radius 2 is 1.33 bits per heavy atom. The summed E-state index contributed by atoms with van der Waals surface area (Å²) < 4.78 is 0. The molecule has 0 aliphatic heterocycles. The van der Waals surface area contributed by atoms with Crippen molar-refractivity contribution in [1.82, 2.24) is 4.90 Å².